The molecule has 1 aromatic heterocycles. The van der Waals surface area contributed by atoms with Gasteiger partial charge < -0.3 is 14.9 Å². The van der Waals surface area contributed by atoms with Crippen molar-refractivity contribution in [3.8, 4) is 0 Å². The minimum atomic E-state index is -0.321. The van der Waals surface area contributed by atoms with Gasteiger partial charge in [0.05, 0.1) is 6.10 Å². The summed E-state index contributed by atoms with van der Waals surface area (Å²) in [5.74, 6) is 1.28. The van der Waals surface area contributed by atoms with Gasteiger partial charge in [-0.2, -0.15) is 0 Å². The molecule has 112 valence electrons. The number of rotatable bonds is 3. The first kappa shape index (κ1) is 14.8. The number of amides is 2. The van der Waals surface area contributed by atoms with E-state index in [1.165, 1.54) is 0 Å². The Labute approximate surface area is 118 Å². The fourth-order valence-electron chi connectivity index (χ4n) is 2.33. The molecule has 2 rings (SSSR count). The molecule has 1 heterocycles. The van der Waals surface area contributed by atoms with Crippen LogP contribution in [-0.4, -0.2) is 28.9 Å². The van der Waals surface area contributed by atoms with Gasteiger partial charge in [-0.15, -0.1) is 0 Å². The Morgan fingerprint density at radius 1 is 1.50 bits per heavy atom. The Morgan fingerprint density at radius 2 is 2.25 bits per heavy atom. The highest BCUT2D eigenvalue weighted by Gasteiger charge is 2.25. The van der Waals surface area contributed by atoms with Crippen molar-refractivity contribution >= 4 is 11.8 Å². The van der Waals surface area contributed by atoms with Crippen molar-refractivity contribution in [2.75, 3.05) is 11.9 Å². The van der Waals surface area contributed by atoms with Crippen LogP contribution in [0.2, 0.25) is 0 Å². The van der Waals surface area contributed by atoms with Crippen LogP contribution in [0.15, 0.2) is 10.6 Å². The molecular weight excluding hydrogens is 258 g/mol. The molecule has 20 heavy (non-hydrogen) atoms. The third kappa shape index (κ3) is 3.72. The molecule has 1 aromatic rings. The Morgan fingerprint density at radius 3 is 2.80 bits per heavy atom. The van der Waals surface area contributed by atoms with Crippen molar-refractivity contribution in [2.45, 2.75) is 51.6 Å². The number of aliphatic hydroxyl groups is 1. The van der Waals surface area contributed by atoms with Crippen LogP contribution in [0.25, 0.3) is 0 Å². The highest BCUT2D eigenvalue weighted by molar-refractivity contribution is 5.88. The lowest BCUT2D eigenvalue weighted by molar-refractivity contribution is 0.133. The van der Waals surface area contributed by atoms with Crippen molar-refractivity contribution in [3.63, 3.8) is 0 Å². The maximum absolute atomic E-state index is 11.7. The molecule has 1 aliphatic rings. The molecule has 0 radical (unpaired) electrons. The molecule has 6 heteroatoms. The van der Waals surface area contributed by atoms with E-state index in [4.69, 9.17) is 4.52 Å². The van der Waals surface area contributed by atoms with Crippen molar-refractivity contribution in [1.29, 1.82) is 0 Å². The van der Waals surface area contributed by atoms with Gasteiger partial charge in [-0.1, -0.05) is 32.3 Å². The number of carbonyl (C=O) groups excluding carboxylic acids is 1. The van der Waals surface area contributed by atoms with E-state index in [0.29, 0.717) is 12.4 Å². The number of urea groups is 1. The Kier molecular flexibility index (Phi) is 4.32. The molecule has 1 saturated carbocycles. The van der Waals surface area contributed by atoms with E-state index >= 15 is 0 Å². The van der Waals surface area contributed by atoms with E-state index in [1.807, 2.05) is 20.8 Å². The third-order valence-corrected chi connectivity index (χ3v) is 3.63. The van der Waals surface area contributed by atoms with Crippen LogP contribution in [0.1, 0.15) is 45.8 Å². The second-order valence-corrected chi connectivity index (χ2v) is 6.42. The zero-order valence-corrected chi connectivity index (χ0v) is 12.3. The quantitative estimate of drug-likeness (QED) is 0.793. The summed E-state index contributed by atoms with van der Waals surface area (Å²) >= 11 is 0. The summed E-state index contributed by atoms with van der Waals surface area (Å²) in [6.45, 7) is 6.52. The molecule has 0 aliphatic heterocycles. The molecule has 1 fully saturated rings. The number of nitrogens with one attached hydrogen (secondary N) is 2. The number of aliphatic hydroxyl groups excluding tert-OH is 1. The second kappa shape index (κ2) is 5.83. The van der Waals surface area contributed by atoms with E-state index in [-0.39, 0.29) is 23.5 Å². The lowest BCUT2D eigenvalue weighted by atomic mass is 9.93. The summed E-state index contributed by atoms with van der Waals surface area (Å²) in [5.41, 5.74) is -0.142. The fourth-order valence-corrected chi connectivity index (χ4v) is 2.33. The van der Waals surface area contributed by atoms with Gasteiger partial charge in [0.15, 0.2) is 5.82 Å². The number of hydrogen-bond donors (Lipinski definition) is 3. The standard InChI is InChI=1S/C14H23N3O3/c1-14(2,3)11-7-12(17-20-11)16-13(19)15-8-9-5-4-6-10(9)18/h7,9-10,18H,4-6,8H2,1-3H3,(H2,15,16,17,19)/t9-,10+/m1/s1. The number of nitrogens with zero attached hydrogens (tertiary/aromatic N) is 1. The predicted octanol–water partition coefficient (Wildman–Crippen LogP) is 2.25. The van der Waals surface area contributed by atoms with Gasteiger partial charge in [0.2, 0.25) is 0 Å². The first-order valence-corrected chi connectivity index (χ1v) is 7.06. The summed E-state index contributed by atoms with van der Waals surface area (Å²) in [7, 11) is 0. The van der Waals surface area contributed by atoms with Gasteiger partial charge in [-0.05, 0) is 12.8 Å². The number of hydrogen-bond acceptors (Lipinski definition) is 4. The topological polar surface area (TPSA) is 87.4 Å². The van der Waals surface area contributed by atoms with Crippen molar-refractivity contribution < 1.29 is 14.4 Å². The fraction of sp³-hybridized carbons (Fsp3) is 0.714. The third-order valence-electron chi connectivity index (χ3n) is 3.63. The summed E-state index contributed by atoms with van der Waals surface area (Å²) in [6, 6.07) is 1.40. The van der Waals surface area contributed by atoms with Crippen LogP contribution in [0.4, 0.5) is 10.6 Å². The van der Waals surface area contributed by atoms with E-state index < -0.39 is 0 Å². The lowest BCUT2D eigenvalue weighted by Gasteiger charge is -2.14. The molecule has 0 spiro atoms. The minimum Gasteiger partial charge on any atom is -0.393 e. The molecule has 0 bridgehead atoms. The SMILES string of the molecule is CC(C)(C)c1cc(NC(=O)NC[C@H]2CCC[C@@H]2O)no1. The van der Waals surface area contributed by atoms with Crippen LogP contribution in [0.3, 0.4) is 0 Å². The van der Waals surface area contributed by atoms with Crippen LogP contribution >= 0.6 is 0 Å². The maximum Gasteiger partial charge on any atom is 0.320 e. The largest absolute Gasteiger partial charge is 0.393 e. The van der Waals surface area contributed by atoms with Gasteiger partial charge in [-0.3, -0.25) is 5.32 Å². The molecule has 0 aromatic carbocycles. The minimum absolute atomic E-state index is 0.142. The average molecular weight is 281 g/mol. The van der Waals surface area contributed by atoms with Gasteiger partial charge in [-0.25, -0.2) is 4.79 Å². The highest BCUT2D eigenvalue weighted by Crippen LogP contribution is 2.25. The number of aromatic nitrogens is 1. The highest BCUT2D eigenvalue weighted by atomic mass is 16.5. The van der Waals surface area contributed by atoms with Gasteiger partial charge in [0.1, 0.15) is 5.76 Å². The molecule has 2 atom stereocenters. The number of anilines is 1. The molecule has 1 aliphatic carbocycles. The average Bonchev–Trinajstić information content (AvgIpc) is 2.95. The van der Waals surface area contributed by atoms with Gasteiger partial charge >= 0.3 is 6.03 Å². The number of carbonyl (C=O) groups is 1. The summed E-state index contributed by atoms with van der Waals surface area (Å²) in [6.07, 6.45) is 2.51. The monoisotopic (exact) mass is 281 g/mol. The van der Waals surface area contributed by atoms with E-state index in [1.54, 1.807) is 6.07 Å². The summed E-state index contributed by atoms with van der Waals surface area (Å²) < 4.78 is 5.19. The van der Waals surface area contributed by atoms with Crippen molar-refractivity contribution in [3.05, 3.63) is 11.8 Å². The predicted molar refractivity (Wildman–Crippen MR) is 75.6 cm³/mol. The first-order chi connectivity index (χ1) is 9.36. The maximum atomic E-state index is 11.7. The van der Waals surface area contributed by atoms with Crippen LogP contribution in [-0.2, 0) is 5.41 Å². The van der Waals surface area contributed by atoms with E-state index in [0.717, 1.165) is 25.0 Å². The first-order valence-electron chi connectivity index (χ1n) is 7.06. The van der Waals surface area contributed by atoms with E-state index in [9.17, 15) is 9.90 Å². The second-order valence-electron chi connectivity index (χ2n) is 6.42. The summed E-state index contributed by atoms with van der Waals surface area (Å²) in [4.78, 5) is 11.7. The Bertz CT molecular complexity index is 464. The lowest BCUT2D eigenvalue weighted by Crippen LogP contribution is -2.35. The van der Waals surface area contributed by atoms with Gasteiger partial charge in [0.25, 0.3) is 0 Å². The molecule has 0 unspecified atom stereocenters. The Hall–Kier alpha value is -1.56. The molecule has 6 nitrogen and oxygen atoms in total. The zero-order chi connectivity index (χ0) is 14.8. The van der Waals surface area contributed by atoms with Gasteiger partial charge in [0, 0.05) is 23.9 Å². The van der Waals surface area contributed by atoms with Crippen molar-refractivity contribution in [2.24, 2.45) is 5.92 Å². The summed E-state index contributed by atoms with van der Waals surface area (Å²) in [5, 5.41) is 18.9. The van der Waals surface area contributed by atoms with Crippen LogP contribution < -0.4 is 10.6 Å². The van der Waals surface area contributed by atoms with Crippen molar-refractivity contribution in [1.82, 2.24) is 10.5 Å². The smallest absolute Gasteiger partial charge is 0.320 e. The molecule has 0 saturated heterocycles. The van der Waals surface area contributed by atoms with Crippen LogP contribution in [0.5, 0.6) is 0 Å². The molecule has 2 amide bonds. The normalized spacial score (nSPS) is 22.8. The van der Waals surface area contributed by atoms with E-state index in [2.05, 4.69) is 15.8 Å². The molecule has 3 N–H and O–H groups in total. The molecular formula is C14H23N3O3. The Balaban J connectivity index is 1.81. The van der Waals surface area contributed by atoms with Crippen LogP contribution in [0, 0.1) is 5.92 Å². The zero-order valence-electron chi connectivity index (χ0n) is 12.3.